The fourth-order valence-corrected chi connectivity index (χ4v) is 4.10. The molecule has 4 aromatic rings. The Kier molecular flexibility index (Phi) is 5.11. The molecule has 4 amide bonds. The van der Waals surface area contributed by atoms with E-state index >= 15 is 0 Å². The van der Waals surface area contributed by atoms with Gasteiger partial charge in [-0.2, -0.15) is 0 Å². The molecule has 6 heteroatoms. The van der Waals surface area contributed by atoms with Gasteiger partial charge in [0.15, 0.2) is 0 Å². The molecule has 1 aliphatic rings. The van der Waals surface area contributed by atoms with Gasteiger partial charge in [0.1, 0.15) is 5.57 Å². The molecular weight excluding hydrogens is 414 g/mol. The molecule has 0 unspecified atom stereocenters. The van der Waals surface area contributed by atoms with Crippen LogP contribution in [0.3, 0.4) is 0 Å². The van der Waals surface area contributed by atoms with Gasteiger partial charge in [0, 0.05) is 36.3 Å². The summed E-state index contributed by atoms with van der Waals surface area (Å²) in [5, 5.41) is 0.923. The molecule has 0 aliphatic carbocycles. The fraction of sp³-hybridized carbons (Fsp3) is 0.0741. The predicted octanol–water partition coefficient (Wildman–Crippen LogP) is 4.70. The highest BCUT2D eigenvalue weighted by atomic mass is 16.2. The average Bonchev–Trinajstić information content (AvgIpc) is 3.19. The molecule has 3 aromatic carbocycles. The topological polar surface area (TPSA) is 62.6 Å². The zero-order valence-corrected chi connectivity index (χ0v) is 18.0. The van der Waals surface area contributed by atoms with Crippen molar-refractivity contribution in [1.82, 2.24) is 9.47 Å². The van der Waals surface area contributed by atoms with Crippen LogP contribution >= 0.6 is 0 Å². The Balaban J connectivity index is 1.60. The minimum absolute atomic E-state index is 0.0523. The molecule has 0 atom stereocenters. The van der Waals surface area contributed by atoms with Crippen molar-refractivity contribution in [2.75, 3.05) is 11.9 Å². The van der Waals surface area contributed by atoms with E-state index in [1.165, 1.54) is 7.05 Å². The zero-order chi connectivity index (χ0) is 22.9. The van der Waals surface area contributed by atoms with Crippen LogP contribution in [0.15, 0.2) is 96.7 Å². The monoisotopic (exact) mass is 435 g/mol. The molecule has 1 aromatic heterocycles. The van der Waals surface area contributed by atoms with Gasteiger partial charge >= 0.3 is 6.03 Å². The van der Waals surface area contributed by atoms with Crippen molar-refractivity contribution in [2.24, 2.45) is 0 Å². The van der Waals surface area contributed by atoms with Gasteiger partial charge < -0.3 is 4.57 Å². The SMILES string of the molecule is CN1C(=O)C(=Cc2cn(Cc3ccccc3)c3ccccc23)C(=O)N(c2ccccc2)C1=O. The van der Waals surface area contributed by atoms with E-state index in [0.29, 0.717) is 12.2 Å². The summed E-state index contributed by atoms with van der Waals surface area (Å²) in [4.78, 5) is 41.0. The number of para-hydroxylation sites is 2. The van der Waals surface area contributed by atoms with Crippen LogP contribution in [0.1, 0.15) is 11.1 Å². The molecule has 0 saturated carbocycles. The predicted molar refractivity (Wildman–Crippen MR) is 128 cm³/mol. The number of urea groups is 1. The summed E-state index contributed by atoms with van der Waals surface area (Å²) in [6, 6.07) is 25.9. The molecule has 1 aliphatic heterocycles. The third-order valence-corrected chi connectivity index (χ3v) is 5.78. The van der Waals surface area contributed by atoms with Crippen LogP contribution in [0.4, 0.5) is 10.5 Å². The van der Waals surface area contributed by atoms with Crippen LogP contribution in [0.25, 0.3) is 17.0 Å². The van der Waals surface area contributed by atoms with E-state index in [0.717, 1.165) is 31.8 Å². The number of hydrogen-bond acceptors (Lipinski definition) is 3. The number of carbonyl (C=O) groups excluding carboxylic acids is 3. The van der Waals surface area contributed by atoms with Crippen LogP contribution in [0.2, 0.25) is 0 Å². The fourth-order valence-electron chi connectivity index (χ4n) is 4.10. The Labute approximate surface area is 191 Å². The van der Waals surface area contributed by atoms with Crippen LogP contribution in [-0.4, -0.2) is 34.4 Å². The first-order valence-electron chi connectivity index (χ1n) is 10.6. The van der Waals surface area contributed by atoms with Crippen molar-refractivity contribution in [3.05, 3.63) is 108 Å². The summed E-state index contributed by atoms with van der Waals surface area (Å²) < 4.78 is 2.10. The normalized spacial score (nSPS) is 15.7. The molecular formula is C27H21N3O3. The van der Waals surface area contributed by atoms with E-state index in [4.69, 9.17) is 0 Å². The smallest absolute Gasteiger partial charge is 0.338 e. The summed E-state index contributed by atoms with van der Waals surface area (Å²) >= 11 is 0. The molecule has 5 rings (SSSR count). The van der Waals surface area contributed by atoms with Gasteiger partial charge in [0.2, 0.25) is 0 Å². The molecule has 1 fully saturated rings. The summed E-state index contributed by atoms with van der Waals surface area (Å²) in [5.74, 6) is -1.24. The number of aromatic nitrogens is 1. The number of fused-ring (bicyclic) bond motifs is 1. The number of hydrogen-bond donors (Lipinski definition) is 0. The van der Waals surface area contributed by atoms with Crippen LogP contribution < -0.4 is 4.90 Å². The first-order valence-corrected chi connectivity index (χ1v) is 10.6. The van der Waals surface area contributed by atoms with Crippen molar-refractivity contribution in [3.63, 3.8) is 0 Å². The zero-order valence-electron chi connectivity index (χ0n) is 18.0. The number of carbonyl (C=O) groups is 3. The molecule has 0 N–H and O–H groups in total. The number of imide groups is 2. The van der Waals surface area contributed by atoms with Crippen LogP contribution in [0, 0.1) is 0 Å². The third kappa shape index (κ3) is 3.61. The minimum atomic E-state index is -0.667. The quantitative estimate of drug-likeness (QED) is 0.345. The van der Waals surface area contributed by atoms with Crippen LogP contribution in [0.5, 0.6) is 0 Å². The first-order chi connectivity index (χ1) is 16.0. The molecule has 1 saturated heterocycles. The van der Waals surface area contributed by atoms with E-state index in [1.54, 1.807) is 36.4 Å². The summed E-state index contributed by atoms with van der Waals surface area (Å²) in [7, 11) is 1.39. The highest BCUT2D eigenvalue weighted by Crippen LogP contribution is 2.28. The lowest BCUT2D eigenvalue weighted by Gasteiger charge is -2.31. The van der Waals surface area contributed by atoms with Gasteiger partial charge in [-0.15, -0.1) is 0 Å². The Morgan fingerprint density at radius 3 is 2.12 bits per heavy atom. The number of barbiturate groups is 1. The molecule has 0 radical (unpaired) electrons. The Morgan fingerprint density at radius 1 is 0.758 bits per heavy atom. The maximum atomic E-state index is 13.3. The van der Waals surface area contributed by atoms with Crippen molar-refractivity contribution >= 4 is 40.5 Å². The molecule has 162 valence electrons. The maximum Gasteiger partial charge on any atom is 0.338 e. The molecule has 33 heavy (non-hydrogen) atoms. The number of anilines is 1. The second-order valence-electron chi connectivity index (χ2n) is 7.90. The lowest BCUT2D eigenvalue weighted by atomic mass is 10.1. The van der Waals surface area contributed by atoms with Crippen molar-refractivity contribution < 1.29 is 14.4 Å². The Morgan fingerprint density at radius 2 is 1.39 bits per heavy atom. The van der Waals surface area contributed by atoms with E-state index in [2.05, 4.69) is 16.7 Å². The number of benzene rings is 3. The largest absolute Gasteiger partial charge is 0.342 e. The average molecular weight is 435 g/mol. The standard InChI is InChI=1S/C27H21N3O3/c1-28-25(31)23(26(32)30(27(28)33)21-12-6-3-7-13-21)16-20-18-29(17-19-10-4-2-5-11-19)24-15-9-8-14-22(20)24/h2-16,18H,17H2,1H3. The van der Waals surface area contributed by atoms with E-state index in [1.807, 2.05) is 48.7 Å². The lowest BCUT2D eigenvalue weighted by Crippen LogP contribution is -2.55. The van der Waals surface area contributed by atoms with E-state index < -0.39 is 17.8 Å². The lowest BCUT2D eigenvalue weighted by molar-refractivity contribution is -0.128. The van der Waals surface area contributed by atoms with Gasteiger partial charge in [0.25, 0.3) is 11.8 Å². The second-order valence-corrected chi connectivity index (χ2v) is 7.90. The van der Waals surface area contributed by atoms with E-state index in [-0.39, 0.29) is 5.57 Å². The molecule has 0 spiro atoms. The van der Waals surface area contributed by atoms with Gasteiger partial charge in [-0.25, -0.2) is 9.69 Å². The number of likely N-dealkylation sites (N-methyl/N-ethyl adjacent to an activating group) is 1. The summed E-state index contributed by atoms with van der Waals surface area (Å²) in [5.41, 5.74) is 3.25. The number of nitrogens with zero attached hydrogens (tertiary/aromatic N) is 3. The maximum absolute atomic E-state index is 13.3. The Bertz CT molecular complexity index is 1400. The first kappa shape index (κ1) is 20.5. The van der Waals surface area contributed by atoms with Crippen molar-refractivity contribution in [1.29, 1.82) is 0 Å². The third-order valence-electron chi connectivity index (χ3n) is 5.78. The van der Waals surface area contributed by atoms with Gasteiger partial charge in [-0.3, -0.25) is 14.5 Å². The van der Waals surface area contributed by atoms with E-state index in [9.17, 15) is 14.4 Å². The van der Waals surface area contributed by atoms with Gasteiger partial charge in [-0.05, 0) is 29.8 Å². The van der Waals surface area contributed by atoms with Crippen LogP contribution in [-0.2, 0) is 16.1 Å². The molecule has 0 bridgehead atoms. The van der Waals surface area contributed by atoms with Crippen molar-refractivity contribution in [3.8, 4) is 0 Å². The molecule has 2 heterocycles. The highest BCUT2D eigenvalue weighted by molar-refractivity contribution is 6.39. The Hall–Kier alpha value is -4.45. The van der Waals surface area contributed by atoms with Gasteiger partial charge in [-0.1, -0.05) is 66.7 Å². The molecule has 6 nitrogen and oxygen atoms in total. The number of amides is 4. The highest BCUT2D eigenvalue weighted by Gasteiger charge is 2.41. The van der Waals surface area contributed by atoms with Crippen molar-refractivity contribution in [2.45, 2.75) is 6.54 Å². The minimum Gasteiger partial charge on any atom is -0.342 e. The summed E-state index contributed by atoms with van der Waals surface area (Å²) in [6.07, 6.45) is 3.53. The van der Waals surface area contributed by atoms with Gasteiger partial charge in [0.05, 0.1) is 5.69 Å². The summed E-state index contributed by atoms with van der Waals surface area (Å²) in [6.45, 7) is 0.654. The second kappa shape index (κ2) is 8.24. The number of rotatable bonds is 4.